The SMILES string of the molecule is CCCCCCCCCCCCC(OC(=O)CCCCCCCOc1ccc(Cl)cc1)C(=O)N[C@H]1C(O)O[C@H](CO)[C@@H](OS(=O)(=O)O)[C@@H]1OC(=O)CCCCCCCOc1ccc(Cl)cc1. The Balaban J connectivity index is 1.58. The van der Waals surface area contributed by atoms with Crippen LogP contribution in [0, 0.1) is 0 Å². The molecule has 0 bridgehead atoms. The van der Waals surface area contributed by atoms with Crippen molar-refractivity contribution in [2.75, 3.05) is 19.8 Å². The van der Waals surface area contributed by atoms with Crippen molar-refractivity contribution in [3.63, 3.8) is 0 Å². The molecular formula is C48H73Cl2NO14S. The van der Waals surface area contributed by atoms with E-state index in [1.807, 2.05) is 12.1 Å². The van der Waals surface area contributed by atoms with Gasteiger partial charge < -0.3 is 39.2 Å². The first-order valence-electron chi connectivity index (χ1n) is 23.9. The fourth-order valence-corrected chi connectivity index (χ4v) is 8.37. The monoisotopic (exact) mass is 989 g/mol. The van der Waals surface area contributed by atoms with E-state index < -0.39 is 71.6 Å². The van der Waals surface area contributed by atoms with Gasteiger partial charge in [0.1, 0.15) is 29.7 Å². The van der Waals surface area contributed by atoms with Crippen molar-refractivity contribution in [3.05, 3.63) is 58.6 Å². The minimum absolute atomic E-state index is 0.0676. The number of rotatable bonds is 36. The molecule has 2 aromatic carbocycles. The van der Waals surface area contributed by atoms with Gasteiger partial charge in [0, 0.05) is 22.9 Å². The minimum atomic E-state index is -5.22. The van der Waals surface area contributed by atoms with Gasteiger partial charge in [0.25, 0.3) is 5.91 Å². The number of hydrogen-bond donors (Lipinski definition) is 4. The Morgan fingerprint density at radius 1 is 0.667 bits per heavy atom. The van der Waals surface area contributed by atoms with Gasteiger partial charge in [-0.2, -0.15) is 8.42 Å². The summed E-state index contributed by atoms with van der Waals surface area (Å²) in [5.74, 6) is -0.762. The lowest BCUT2D eigenvalue weighted by molar-refractivity contribution is -0.254. The molecule has 0 aliphatic carbocycles. The Morgan fingerprint density at radius 3 is 1.61 bits per heavy atom. The molecular weight excluding hydrogens is 917 g/mol. The number of unbranched alkanes of at least 4 members (excludes halogenated alkanes) is 17. The van der Waals surface area contributed by atoms with Gasteiger partial charge in [-0.1, -0.05) is 126 Å². The van der Waals surface area contributed by atoms with Crippen LogP contribution in [-0.4, -0.2) is 97.6 Å². The summed E-state index contributed by atoms with van der Waals surface area (Å²) >= 11 is 11.8. The predicted octanol–water partition coefficient (Wildman–Crippen LogP) is 9.65. The van der Waals surface area contributed by atoms with Gasteiger partial charge in [0.05, 0.1) is 19.8 Å². The number of aliphatic hydroxyl groups is 2. The van der Waals surface area contributed by atoms with E-state index in [1.165, 1.54) is 32.1 Å². The largest absolute Gasteiger partial charge is 0.494 e. The third-order valence-corrected chi connectivity index (χ3v) is 12.2. The zero-order valence-corrected chi connectivity index (χ0v) is 40.8. The molecule has 1 fully saturated rings. The number of aliphatic hydroxyl groups excluding tert-OH is 2. The summed E-state index contributed by atoms with van der Waals surface area (Å²) in [7, 11) is -5.22. The highest BCUT2D eigenvalue weighted by Gasteiger charge is 2.51. The van der Waals surface area contributed by atoms with E-state index in [0.29, 0.717) is 54.7 Å². The molecule has 1 saturated heterocycles. The molecule has 6 atom stereocenters. The van der Waals surface area contributed by atoms with Crippen LogP contribution in [0.5, 0.6) is 11.5 Å². The number of esters is 2. The van der Waals surface area contributed by atoms with Crippen LogP contribution in [0.2, 0.25) is 10.0 Å². The highest BCUT2D eigenvalue weighted by Crippen LogP contribution is 2.28. The third-order valence-electron chi connectivity index (χ3n) is 11.3. The summed E-state index contributed by atoms with van der Waals surface area (Å²) in [5, 5.41) is 24.9. The van der Waals surface area contributed by atoms with Crippen molar-refractivity contribution < 1.29 is 65.4 Å². The maximum Gasteiger partial charge on any atom is 0.397 e. The van der Waals surface area contributed by atoms with Crippen molar-refractivity contribution in [3.8, 4) is 11.5 Å². The van der Waals surface area contributed by atoms with Crippen molar-refractivity contribution >= 4 is 51.4 Å². The zero-order chi connectivity index (χ0) is 48.0. The van der Waals surface area contributed by atoms with Crippen LogP contribution in [0.15, 0.2) is 48.5 Å². The number of carbonyl (C=O) groups excluding carboxylic acids is 3. The van der Waals surface area contributed by atoms with Crippen LogP contribution in [0.1, 0.15) is 155 Å². The fraction of sp³-hybridized carbons (Fsp3) is 0.688. The van der Waals surface area contributed by atoms with E-state index in [2.05, 4.69) is 12.2 Å². The third kappa shape index (κ3) is 24.7. The minimum Gasteiger partial charge on any atom is -0.494 e. The highest BCUT2D eigenvalue weighted by molar-refractivity contribution is 7.80. The maximum atomic E-state index is 14.0. The van der Waals surface area contributed by atoms with E-state index in [9.17, 15) is 37.6 Å². The van der Waals surface area contributed by atoms with Crippen LogP contribution in [0.3, 0.4) is 0 Å². The molecule has 3 rings (SSSR count). The first-order valence-corrected chi connectivity index (χ1v) is 26.0. The lowest BCUT2D eigenvalue weighted by Gasteiger charge is -2.43. The van der Waals surface area contributed by atoms with Gasteiger partial charge in [-0.15, -0.1) is 0 Å². The van der Waals surface area contributed by atoms with Crippen LogP contribution in [-0.2, 0) is 43.2 Å². The van der Waals surface area contributed by atoms with Gasteiger partial charge in [0.2, 0.25) is 0 Å². The molecule has 66 heavy (non-hydrogen) atoms. The van der Waals surface area contributed by atoms with Crippen LogP contribution >= 0.6 is 23.2 Å². The Kier molecular flexibility index (Phi) is 28.8. The Labute approximate surface area is 401 Å². The second kappa shape index (κ2) is 33.3. The van der Waals surface area contributed by atoms with Crippen LogP contribution in [0.25, 0.3) is 0 Å². The number of ether oxygens (including phenoxy) is 5. The van der Waals surface area contributed by atoms with E-state index in [1.54, 1.807) is 36.4 Å². The molecule has 1 heterocycles. The lowest BCUT2D eigenvalue weighted by Crippen LogP contribution is -2.67. The van der Waals surface area contributed by atoms with E-state index >= 15 is 0 Å². The summed E-state index contributed by atoms with van der Waals surface area (Å²) in [5.41, 5.74) is 0. The molecule has 2 aromatic rings. The molecule has 0 aromatic heterocycles. The average molecular weight is 991 g/mol. The number of halogens is 2. The zero-order valence-electron chi connectivity index (χ0n) is 38.5. The number of nitrogens with one attached hydrogen (secondary N) is 1. The van der Waals surface area contributed by atoms with Gasteiger partial charge in [0.15, 0.2) is 18.5 Å². The second-order valence-corrected chi connectivity index (χ2v) is 18.7. The van der Waals surface area contributed by atoms with E-state index in [4.69, 9.17) is 51.1 Å². The molecule has 0 spiro atoms. The van der Waals surface area contributed by atoms with Crippen molar-refractivity contribution in [1.29, 1.82) is 0 Å². The van der Waals surface area contributed by atoms with Gasteiger partial charge in [-0.05, 0) is 87.1 Å². The Hall–Kier alpha value is -3.22. The van der Waals surface area contributed by atoms with E-state index in [0.717, 1.165) is 76.4 Å². The molecule has 374 valence electrons. The molecule has 4 N–H and O–H groups in total. The van der Waals surface area contributed by atoms with Gasteiger partial charge in [-0.3, -0.25) is 18.9 Å². The van der Waals surface area contributed by atoms with Crippen molar-refractivity contribution in [2.45, 2.75) is 191 Å². The fourth-order valence-electron chi connectivity index (χ4n) is 7.61. The van der Waals surface area contributed by atoms with Gasteiger partial charge in [-0.25, -0.2) is 4.18 Å². The average Bonchev–Trinajstić information content (AvgIpc) is 3.28. The van der Waals surface area contributed by atoms with Crippen molar-refractivity contribution in [1.82, 2.24) is 5.32 Å². The first-order chi connectivity index (χ1) is 31.8. The lowest BCUT2D eigenvalue weighted by atomic mass is 9.96. The Bertz CT molecular complexity index is 1750. The standard InChI is InChI=1S/C48H73Cl2NO14S/c1-2-3-4-5-6-7-8-9-12-17-22-40(62-42(53)23-18-13-10-15-20-33-60-38-29-25-36(49)26-30-38)47(55)51-44-46(45(65-66(57,58)59)41(35-52)63-48(44)56)64-43(54)24-19-14-11-16-21-34-61-39-31-27-37(50)28-32-39/h25-32,40-41,44-46,48,52,56H,2-24,33-35H2,1H3,(H,51,55)(H,57,58,59)/t40?,41-,44-,45-,46-,48?/m1/s1. The topological polar surface area (TPSA) is 213 Å². The maximum absolute atomic E-state index is 14.0. The normalized spacial score (nSPS) is 18.9. The summed E-state index contributed by atoms with van der Waals surface area (Å²) in [4.78, 5) is 40.4. The number of amides is 1. The molecule has 1 amide bonds. The molecule has 1 aliphatic heterocycles. The summed E-state index contributed by atoms with van der Waals surface area (Å²) < 4.78 is 66.7. The summed E-state index contributed by atoms with van der Waals surface area (Å²) in [6.45, 7) is 2.34. The highest BCUT2D eigenvalue weighted by atomic mass is 35.5. The second-order valence-electron chi connectivity index (χ2n) is 16.8. The molecule has 0 saturated carbocycles. The molecule has 18 heteroatoms. The van der Waals surface area contributed by atoms with Crippen LogP contribution in [0.4, 0.5) is 0 Å². The van der Waals surface area contributed by atoms with Gasteiger partial charge >= 0.3 is 22.3 Å². The smallest absolute Gasteiger partial charge is 0.397 e. The molecule has 1 aliphatic rings. The number of benzene rings is 2. The predicted molar refractivity (Wildman–Crippen MR) is 252 cm³/mol. The molecule has 15 nitrogen and oxygen atoms in total. The number of hydrogen-bond acceptors (Lipinski definition) is 13. The number of carbonyl (C=O) groups is 3. The summed E-state index contributed by atoms with van der Waals surface area (Å²) in [6, 6.07) is 12.6. The molecule has 0 radical (unpaired) electrons. The Morgan fingerprint density at radius 2 is 1.12 bits per heavy atom. The first kappa shape index (κ1) is 57.1. The van der Waals surface area contributed by atoms with Crippen LogP contribution < -0.4 is 14.8 Å². The summed E-state index contributed by atoms with van der Waals surface area (Å²) in [6.07, 6.45) is 9.48. The van der Waals surface area contributed by atoms with E-state index in [-0.39, 0.29) is 19.3 Å². The van der Waals surface area contributed by atoms with Crippen molar-refractivity contribution in [2.24, 2.45) is 0 Å². The molecule has 2 unspecified atom stereocenters. The quantitative estimate of drug-likeness (QED) is 0.0284.